The number of carboxylic acid groups (broad SMARTS) is 2. The molecule has 2 atom stereocenters. The van der Waals surface area contributed by atoms with Gasteiger partial charge in [0.1, 0.15) is 36.9 Å². The molecule has 322 valence electrons. The molecule has 2 N–H and O–H groups in total. The standard InChI is InChI=1S/C50H50O10S2/c1-49(2,35-18-22-39(23-19-35)57-31-41(59-47(55)28-26-45(51)52)33-61-43-14-7-5-8-15-43)37-12-11-13-38(30-37)50(3,4)36-20-24-40(25-21-36)58-32-42(60-48(56)29-27-46(53)54)34-62-44-16-9-6-10-17-44/h5-30,41-42H,31-34H2,1-4H3,(H,51,52)(H,53,54)/b28-26-,29-27-. The first-order chi connectivity index (χ1) is 29.7. The van der Waals surface area contributed by atoms with Crippen LogP contribution in [-0.2, 0) is 39.5 Å². The van der Waals surface area contributed by atoms with Crippen molar-refractivity contribution in [3.05, 3.63) is 180 Å². The van der Waals surface area contributed by atoms with Crippen LogP contribution in [0.1, 0.15) is 49.9 Å². The molecule has 12 heteroatoms. The van der Waals surface area contributed by atoms with Crippen molar-refractivity contribution < 1.29 is 48.3 Å². The summed E-state index contributed by atoms with van der Waals surface area (Å²) in [6, 6.07) is 43.6. The largest absolute Gasteiger partial charge is 0.490 e. The minimum atomic E-state index is -1.24. The van der Waals surface area contributed by atoms with Crippen molar-refractivity contribution in [2.75, 3.05) is 24.7 Å². The van der Waals surface area contributed by atoms with Crippen molar-refractivity contribution in [3.63, 3.8) is 0 Å². The molecule has 0 fully saturated rings. The summed E-state index contributed by atoms with van der Waals surface area (Å²) in [5, 5.41) is 17.8. The fourth-order valence-electron chi connectivity index (χ4n) is 6.27. The van der Waals surface area contributed by atoms with Crippen molar-refractivity contribution >= 4 is 47.4 Å². The molecule has 10 nitrogen and oxygen atoms in total. The van der Waals surface area contributed by atoms with Gasteiger partial charge < -0.3 is 29.2 Å². The summed E-state index contributed by atoms with van der Waals surface area (Å²) in [5.41, 5.74) is 3.67. The van der Waals surface area contributed by atoms with Gasteiger partial charge in [0.2, 0.25) is 0 Å². The topological polar surface area (TPSA) is 146 Å². The first kappa shape index (κ1) is 46.8. The van der Waals surface area contributed by atoms with E-state index >= 15 is 0 Å². The maximum atomic E-state index is 12.3. The molecule has 0 aromatic heterocycles. The molecular formula is C50H50O10S2. The Morgan fingerprint density at radius 3 is 1.23 bits per heavy atom. The molecular weight excluding hydrogens is 825 g/mol. The van der Waals surface area contributed by atoms with Gasteiger partial charge in [0.05, 0.1) is 0 Å². The Balaban J connectivity index is 1.22. The average molecular weight is 875 g/mol. The van der Waals surface area contributed by atoms with Crippen molar-refractivity contribution in [1.82, 2.24) is 0 Å². The molecule has 62 heavy (non-hydrogen) atoms. The predicted octanol–water partition coefficient (Wildman–Crippen LogP) is 9.79. The second-order valence-electron chi connectivity index (χ2n) is 15.2. The lowest BCUT2D eigenvalue weighted by atomic mass is 9.73. The summed E-state index contributed by atoms with van der Waals surface area (Å²) >= 11 is 3.02. The van der Waals surface area contributed by atoms with Gasteiger partial charge in [-0.05, 0) is 70.8 Å². The first-order valence-corrected chi connectivity index (χ1v) is 21.8. The summed E-state index contributed by atoms with van der Waals surface area (Å²) < 4.78 is 23.3. The van der Waals surface area contributed by atoms with Crippen molar-refractivity contribution in [1.29, 1.82) is 0 Å². The molecule has 0 heterocycles. The zero-order chi connectivity index (χ0) is 44.5. The fourth-order valence-corrected chi connectivity index (χ4v) is 8.06. The molecule has 5 rings (SSSR count). The van der Waals surface area contributed by atoms with Gasteiger partial charge in [-0.3, -0.25) is 0 Å². The summed E-state index contributed by atoms with van der Waals surface area (Å²) in [6.07, 6.45) is 2.02. The molecule has 0 radical (unpaired) electrons. The summed E-state index contributed by atoms with van der Waals surface area (Å²) in [7, 11) is 0. The maximum Gasteiger partial charge on any atom is 0.331 e. The molecule has 5 aromatic rings. The van der Waals surface area contributed by atoms with E-state index in [0.717, 1.165) is 56.3 Å². The van der Waals surface area contributed by atoms with Gasteiger partial charge in [-0.1, -0.05) is 113 Å². The number of hydrogen-bond acceptors (Lipinski definition) is 10. The highest BCUT2D eigenvalue weighted by molar-refractivity contribution is 7.99. The number of thioether (sulfide) groups is 2. The number of rotatable bonds is 22. The Hall–Kier alpha value is -6.24. The predicted molar refractivity (Wildman–Crippen MR) is 242 cm³/mol. The maximum absolute atomic E-state index is 12.3. The molecule has 0 amide bonds. The smallest absolute Gasteiger partial charge is 0.331 e. The Bertz CT molecular complexity index is 2150. The minimum absolute atomic E-state index is 0.0807. The molecule has 0 bridgehead atoms. The normalized spacial score (nSPS) is 12.7. The third kappa shape index (κ3) is 14.5. The highest BCUT2D eigenvalue weighted by atomic mass is 32.2. The van der Waals surface area contributed by atoms with Gasteiger partial charge in [0.25, 0.3) is 0 Å². The highest BCUT2D eigenvalue weighted by Gasteiger charge is 2.28. The van der Waals surface area contributed by atoms with Crippen molar-refractivity contribution in [2.24, 2.45) is 0 Å². The zero-order valence-electron chi connectivity index (χ0n) is 35.0. The molecule has 2 unspecified atom stereocenters. The van der Waals surface area contributed by atoms with E-state index in [-0.39, 0.29) is 24.0 Å². The van der Waals surface area contributed by atoms with Gasteiger partial charge in [0.15, 0.2) is 0 Å². The molecule has 5 aromatic carbocycles. The fraction of sp³-hybridized carbons (Fsp3) is 0.240. The van der Waals surface area contributed by atoms with Crippen LogP contribution in [0.3, 0.4) is 0 Å². The second-order valence-corrected chi connectivity index (χ2v) is 17.4. The van der Waals surface area contributed by atoms with E-state index in [1.807, 2.05) is 109 Å². The van der Waals surface area contributed by atoms with E-state index in [1.165, 1.54) is 23.5 Å². The number of ether oxygens (including phenoxy) is 4. The number of carbonyl (C=O) groups excluding carboxylic acids is 2. The number of esters is 2. The van der Waals surface area contributed by atoms with Gasteiger partial charge >= 0.3 is 23.9 Å². The van der Waals surface area contributed by atoms with E-state index in [4.69, 9.17) is 29.2 Å². The van der Waals surface area contributed by atoms with Gasteiger partial charge in [-0.2, -0.15) is 0 Å². The Labute approximate surface area is 371 Å². The minimum Gasteiger partial charge on any atom is -0.490 e. The van der Waals surface area contributed by atoms with E-state index in [9.17, 15) is 19.2 Å². The molecule has 0 aliphatic carbocycles. The summed E-state index contributed by atoms with van der Waals surface area (Å²) in [6.45, 7) is 8.86. The number of carboxylic acids is 2. The molecule has 0 saturated heterocycles. The molecule has 0 saturated carbocycles. The van der Waals surface area contributed by atoms with Crippen LogP contribution < -0.4 is 9.47 Å². The average Bonchev–Trinajstić information content (AvgIpc) is 3.27. The number of benzene rings is 5. The van der Waals surface area contributed by atoms with E-state index in [1.54, 1.807) is 0 Å². The Morgan fingerprint density at radius 1 is 0.500 bits per heavy atom. The van der Waals surface area contributed by atoms with Crippen LogP contribution in [0.25, 0.3) is 0 Å². The van der Waals surface area contributed by atoms with Crippen molar-refractivity contribution in [2.45, 2.75) is 60.5 Å². The quantitative estimate of drug-likeness (QED) is 0.0388. The first-order valence-electron chi connectivity index (χ1n) is 19.9. The van der Waals surface area contributed by atoms with Gasteiger partial charge in [0, 0.05) is 56.4 Å². The second kappa shape index (κ2) is 22.6. The van der Waals surface area contributed by atoms with Crippen LogP contribution in [0, 0.1) is 0 Å². The monoisotopic (exact) mass is 874 g/mol. The number of aliphatic carboxylic acids is 2. The lowest BCUT2D eigenvalue weighted by Gasteiger charge is -2.31. The van der Waals surface area contributed by atoms with Crippen LogP contribution in [0.4, 0.5) is 0 Å². The Morgan fingerprint density at radius 2 is 0.871 bits per heavy atom. The highest BCUT2D eigenvalue weighted by Crippen LogP contribution is 2.38. The number of carbonyl (C=O) groups is 4. The third-order valence-corrected chi connectivity index (χ3v) is 12.3. The van der Waals surface area contributed by atoms with Crippen LogP contribution in [0.15, 0.2) is 168 Å². The van der Waals surface area contributed by atoms with Gasteiger partial charge in [-0.15, -0.1) is 23.5 Å². The summed E-state index contributed by atoms with van der Waals surface area (Å²) in [5.74, 6) is -1.94. The van der Waals surface area contributed by atoms with E-state index < -0.39 is 36.1 Å². The lowest BCUT2D eigenvalue weighted by Crippen LogP contribution is -2.27. The summed E-state index contributed by atoms with van der Waals surface area (Å²) in [4.78, 5) is 48.5. The Kier molecular flexibility index (Phi) is 17.0. The lowest BCUT2D eigenvalue weighted by molar-refractivity contribution is -0.144. The zero-order valence-corrected chi connectivity index (χ0v) is 36.6. The SMILES string of the molecule is CC(C)(c1ccc(OCC(CSc2ccccc2)OC(=O)/C=C\C(=O)O)cc1)c1cccc(C(C)(C)c2ccc(OCC(CSc3ccccc3)OC(=O)/C=C\C(=O)O)cc2)c1. The van der Waals surface area contributed by atoms with Gasteiger partial charge in [-0.25, -0.2) is 19.2 Å². The van der Waals surface area contributed by atoms with Crippen molar-refractivity contribution in [3.8, 4) is 11.5 Å². The van der Waals surface area contributed by atoms with E-state index in [0.29, 0.717) is 23.0 Å². The number of hydrogen-bond donors (Lipinski definition) is 2. The van der Waals surface area contributed by atoms with Crippen LogP contribution in [0.2, 0.25) is 0 Å². The molecule has 0 aliphatic heterocycles. The van der Waals surface area contributed by atoms with Crippen LogP contribution >= 0.6 is 23.5 Å². The van der Waals surface area contributed by atoms with E-state index in [2.05, 4.69) is 52.0 Å². The molecule has 0 aliphatic rings. The molecule has 0 spiro atoms. The van der Waals surface area contributed by atoms with Crippen LogP contribution in [-0.4, -0.2) is 71.0 Å². The van der Waals surface area contributed by atoms with Crippen LogP contribution in [0.5, 0.6) is 11.5 Å². The third-order valence-electron chi connectivity index (χ3n) is 9.98.